The van der Waals surface area contributed by atoms with Crippen molar-refractivity contribution in [3.05, 3.63) is 42.0 Å². The van der Waals surface area contributed by atoms with E-state index in [0.29, 0.717) is 13.1 Å². The molecule has 1 aliphatic rings. The van der Waals surface area contributed by atoms with E-state index in [1.165, 1.54) is 11.1 Å². The quantitative estimate of drug-likeness (QED) is 0.655. The van der Waals surface area contributed by atoms with Crippen molar-refractivity contribution in [2.45, 2.75) is 0 Å². The second-order valence-corrected chi connectivity index (χ2v) is 6.51. The Hall–Kier alpha value is -3.83. The molecule has 0 atom stereocenters. The lowest BCUT2D eigenvalue weighted by Gasteiger charge is -2.34. The molecule has 1 saturated heterocycles. The molecule has 3 aromatic rings. The largest absolute Gasteiger partial charge is 0.381 e. The smallest absolute Gasteiger partial charge is 0.263 e. The molecule has 1 fully saturated rings. The zero-order valence-electron chi connectivity index (χ0n) is 15.3. The van der Waals surface area contributed by atoms with Crippen molar-refractivity contribution in [3.63, 3.8) is 0 Å². The van der Waals surface area contributed by atoms with E-state index in [0.717, 1.165) is 23.1 Å². The van der Waals surface area contributed by atoms with Crippen LogP contribution < -0.4 is 16.0 Å². The average Bonchev–Trinajstić information content (AvgIpc) is 2.99. The van der Waals surface area contributed by atoms with Gasteiger partial charge in [0.15, 0.2) is 23.1 Å². The Morgan fingerprint density at radius 3 is 2.79 bits per heavy atom. The summed E-state index contributed by atoms with van der Waals surface area (Å²) in [5.74, 6) is -2.40. The lowest BCUT2D eigenvalue weighted by Crippen LogP contribution is -2.49. The number of nitrogens with zero attached hydrogens (tertiary/aromatic N) is 6. The number of hydrogen-bond acceptors (Lipinski definition) is 7. The molecule has 29 heavy (non-hydrogen) atoms. The molecule has 150 valence electrons. The highest BCUT2D eigenvalue weighted by molar-refractivity contribution is 6.12. The predicted molar refractivity (Wildman–Crippen MR) is 99.4 cm³/mol. The molecular formula is C17H16F2N8O2. The van der Waals surface area contributed by atoms with Gasteiger partial charge in [0.05, 0.1) is 37.0 Å². The molecule has 0 radical (unpaired) electrons. The molecule has 0 unspecified atom stereocenters. The molecule has 0 bridgehead atoms. The van der Waals surface area contributed by atoms with E-state index < -0.39 is 17.5 Å². The molecular weight excluding hydrogens is 386 g/mol. The van der Waals surface area contributed by atoms with Crippen molar-refractivity contribution < 1.29 is 18.4 Å². The molecule has 3 N–H and O–H groups in total. The lowest BCUT2D eigenvalue weighted by atomic mass is 10.2. The first-order valence-corrected chi connectivity index (χ1v) is 8.58. The fraction of sp³-hybridized carbons (Fsp3) is 0.235. The van der Waals surface area contributed by atoms with Gasteiger partial charge >= 0.3 is 0 Å². The Morgan fingerprint density at radius 1 is 1.24 bits per heavy atom. The van der Waals surface area contributed by atoms with Crippen LogP contribution in [0.2, 0.25) is 0 Å². The topological polar surface area (TPSA) is 122 Å². The molecule has 0 spiro atoms. The monoisotopic (exact) mass is 402 g/mol. The summed E-state index contributed by atoms with van der Waals surface area (Å²) in [6.45, 7) is 0.746. The number of likely N-dealkylation sites (N-methyl/N-ethyl adjacent to an activating group) is 1. The van der Waals surface area contributed by atoms with E-state index in [1.54, 1.807) is 11.9 Å². The average molecular weight is 402 g/mol. The minimum absolute atomic E-state index is 0.0417. The molecule has 1 aliphatic heterocycles. The number of anilines is 3. The number of rotatable bonds is 3. The number of nitrogens with one attached hydrogen (secondary N) is 1. The third-order valence-corrected chi connectivity index (χ3v) is 4.59. The van der Waals surface area contributed by atoms with Crippen molar-refractivity contribution in [2.24, 2.45) is 0 Å². The van der Waals surface area contributed by atoms with Crippen LogP contribution >= 0.6 is 0 Å². The fourth-order valence-corrected chi connectivity index (χ4v) is 3.12. The highest BCUT2D eigenvalue weighted by atomic mass is 19.1. The molecule has 0 saturated carbocycles. The highest BCUT2D eigenvalue weighted by Gasteiger charge is 2.27. The molecule has 0 aliphatic carbocycles. The lowest BCUT2D eigenvalue weighted by molar-refractivity contribution is -0.129. The number of nitrogens with two attached hydrogens (primary N) is 1. The predicted octanol–water partition coefficient (Wildman–Crippen LogP) is 0.515. The van der Waals surface area contributed by atoms with E-state index in [-0.39, 0.29) is 40.9 Å². The van der Waals surface area contributed by atoms with E-state index in [9.17, 15) is 18.4 Å². The minimum atomic E-state index is -0.717. The van der Waals surface area contributed by atoms with Crippen molar-refractivity contribution in [1.29, 1.82) is 0 Å². The van der Waals surface area contributed by atoms with Gasteiger partial charge in [-0.05, 0) is 0 Å². The standard InChI is InChI=1S/C17H16F2N8O2/c1-25-2-3-26(8-12(25)28)14-10(19)5-21-6-11(14)23-17(29)13-15(20)24-27-7-9(18)4-22-16(13)27/h4-7H,2-3,8H2,1H3,(H2,20,24)(H,23,29). The molecule has 2 amide bonds. The van der Waals surface area contributed by atoms with Crippen molar-refractivity contribution in [2.75, 3.05) is 42.6 Å². The van der Waals surface area contributed by atoms with E-state index in [4.69, 9.17) is 5.73 Å². The zero-order chi connectivity index (χ0) is 20.7. The summed E-state index contributed by atoms with van der Waals surface area (Å²) < 4.78 is 28.9. The third kappa shape index (κ3) is 3.28. The van der Waals surface area contributed by atoms with Gasteiger partial charge in [-0.2, -0.15) is 0 Å². The number of hydrogen-bond donors (Lipinski definition) is 2. The molecule has 10 nitrogen and oxygen atoms in total. The van der Waals surface area contributed by atoms with E-state index >= 15 is 0 Å². The summed E-state index contributed by atoms with van der Waals surface area (Å²) in [6.07, 6.45) is 4.23. The number of fused-ring (bicyclic) bond motifs is 1. The number of piperazine rings is 1. The maximum atomic E-state index is 14.6. The summed E-state index contributed by atoms with van der Waals surface area (Å²) in [7, 11) is 1.66. The third-order valence-electron chi connectivity index (χ3n) is 4.59. The van der Waals surface area contributed by atoms with Crippen molar-refractivity contribution in [1.82, 2.24) is 24.5 Å². The van der Waals surface area contributed by atoms with E-state index in [1.807, 2.05) is 0 Å². The van der Waals surface area contributed by atoms with Gasteiger partial charge in [-0.1, -0.05) is 0 Å². The van der Waals surface area contributed by atoms with Crippen LogP contribution in [-0.4, -0.2) is 63.0 Å². The number of halogens is 2. The van der Waals surface area contributed by atoms with Crippen LogP contribution in [-0.2, 0) is 4.79 Å². The molecule has 3 aromatic heterocycles. The zero-order valence-corrected chi connectivity index (χ0v) is 15.3. The van der Waals surface area contributed by atoms with Gasteiger partial charge in [-0.25, -0.2) is 18.3 Å². The van der Waals surface area contributed by atoms with Gasteiger partial charge in [-0.3, -0.25) is 14.6 Å². The van der Waals surface area contributed by atoms with Crippen LogP contribution in [0.4, 0.5) is 26.0 Å². The van der Waals surface area contributed by atoms with Crippen LogP contribution in [0.25, 0.3) is 5.65 Å². The first-order valence-electron chi connectivity index (χ1n) is 8.58. The Labute approximate surface area is 162 Å². The Kier molecular flexibility index (Phi) is 4.45. The molecule has 0 aromatic carbocycles. The summed E-state index contributed by atoms with van der Waals surface area (Å²) in [5, 5.41) is 6.42. The normalized spacial score (nSPS) is 14.5. The number of carbonyl (C=O) groups is 2. The van der Waals surface area contributed by atoms with Crippen molar-refractivity contribution >= 4 is 34.7 Å². The Morgan fingerprint density at radius 2 is 2.03 bits per heavy atom. The van der Waals surface area contributed by atoms with Crippen molar-refractivity contribution in [3.8, 4) is 0 Å². The second-order valence-electron chi connectivity index (χ2n) is 6.51. The van der Waals surface area contributed by atoms with Gasteiger partial charge in [0.1, 0.15) is 11.3 Å². The molecule has 4 heterocycles. The summed E-state index contributed by atoms with van der Waals surface area (Å²) >= 11 is 0. The molecule has 12 heteroatoms. The van der Waals surface area contributed by atoms with Gasteiger partial charge in [0.25, 0.3) is 5.91 Å². The Bertz CT molecular complexity index is 1130. The summed E-state index contributed by atoms with van der Waals surface area (Å²) in [5.41, 5.74) is 5.86. The second kappa shape index (κ2) is 6.96. The van der Waals surface area contributed by atoms with Crippen LogP contribution in [0.15, 0.2) is 24.8 Å². The van der Waals surface area contributed by atoms with Crippen LogP contribution in [0.5, 0.6) is 0 Å². The SMILES string of the molecule is CN1CCN(c2c(F)cncc2NC(=O)c2c(N)nn3cc(F)cnc23)CC1=O. The first kappa shape index (κ1) is 18.5. The fourth-order valence-electron chi connectivity index (χ4n) is 3.12. The van der Waals surface area contributed by atoms with Crippen LogP contribution in [0, 0.1) is 11.6 Å². The van der Waals surface area contributed by atoms with Crippen LogP contribution in [0.1, 0.15) is 10.4 Å². The van der Waals surface area contributed by atoms with E-state index in [2.05, 4.69) is 20.4 Å². The minimum Gasteiger partial charge on any atom is -0.381 e. The van der Waals surface area contributed by atoms with Gasteiger partial charge in [0.2, 0.25) is 5.91 Å². The van der Waals surface area contributed by atoms with Gasteiger partial charge in [0, 0.05) is 20.1 Å². The highest BCUT2D eigenvalue weighted by Crippen LogP contribution is 2.30. The number of amides is 2. The summed E-state index contributed by atoms with van der Waals surface area (Å²) in [4.78, 5) is 35.5. The Balaban J connectivity index is 1.69. The number of pyridine rings is 1. The molecule has 4 rings (SSSR count). The maximum Gasteiger partial charge on any atom is 0.263 e. The number of aromatic nitrogens is 4. The van der Waals surface area contributed by atoms with Crippen LogP contribution in [0.3, 0.4) is 0 Å². The van der Waals surface area contributed by atoms with Gasteiger partial charge in [-0.15, -0.1) is 5.10 Å². The first-order chi connectivity index (χ1) is 13.8. The number of carbonyl (C=O) groups excluding carboxylic acids is 2. The number of nitrogen functional groups attached to an aromatic ring is 1. The summed E-state index contributed by atoms with van der Waals surface area (Å²) in [6, 6.07) is 0. The van der Waals surface area contributed by atoms with Gasteiger partial charge < -0.3 is 20.9 Å². The maximum absolute atomic E-state index is 14.6.